The lowest BCUT2D eigenvalue weighted by Crippen LogP contribution is -2.52. The van der Waals surface area contributed by atoms with Gasteiger partial charge in [-0.1, -0.05) is 30.3 Å². The van der Waals surface area contributed by atoms with E-state index < -0.39 is 29.8 Å². The quantitative estimate of drug-likeness (QED) is 0.613. The van der Waals surface area contributed by atoms with E-state index in [0.717, 1.165) is 5.56 Å². The van der Waals surface area contributed by atoms with Crippen molar-refractivity contribution in [2.24, 2.45) is 5.73 Å². The van der Waals surface area contributed by atoms with Gasteiger partial charge in [0.25, 0.3) is 0 Å². The standard InChI is InChI=1S/C19H21N3O4/c1-13(21-17(23)10-9-15-8-5-11-26-15)19(25)22-16(18(20)24)12-14-6-3-2-4-7-14/h2-11,13,16H,12H2,1H3,(H2,20,24)(H,21,23)(H,22,25)/b10-9+/t13-,16?/m0/s1. The summed E-state index contributed by atoms with van der Waals surface area (Å²) in [7, 11) is 0. The lowest BCUT2D eigenvalue weighted by atomic mass is 10.1. The average Bonchev–Trinajstić information content (AvgIpc) is 3.13. The molecule has 2 aromatic rings. The van der Waals surface area contributed by atoms with Crippen LogP contribution < -0.4 is 16.4 Å². The second-order valence-electron chi connectivity index (χ2n) is 5.73. The molecule has 2 atom stereocenters. The highest BCUT2D eigenvalue weighted by Gasteiger charge is 2.22. The Bertz CT molecular complexity index is 769. The summed E-state index contributed by atoms with van der Waals surface area (Å²) in [5, 5.41) is 5.09. The molecule has 1 heterocycles. The number of nitrogens with two attached hydrogens (primary N) is 1. The average molecular weight is 355 g/mol. The third kappa shape index (κ3) is 5.94. The summed E-state index contributed by atoms with van der Waals surface area (Å²) in [6.45, 7) is 1.52. The number of rotatable bonds is 8. The number of carbonyl (C=O) groups is 3. The van der Waals surface area contributed by atoms with E-state index in [1.165, 1.54) is 25.3 Å². The molecular formula is C19H21N3O4. The molecule has 1 aromatic carbocycles. The van der Waals surface area contributed by atoms with Crippen LogP contribution in [0.15, 0.2) is 59.2 Å². The van der Waals surface area contributed by atoms with Gasteiger partial charge < -0.3 is 20.8 Å². The number of benzene rings is 1. The largest absolute Gasteiger partial charge is 0.465 e. The lowest BCUT2D eigenvalue weighted by Gasteiger charge is -2.19. The highest BCUT2D eigenvalue weighted by Crippen LogP contribution is 2.04. The molecule has 0 radical (unpaired) electrons. The first-order valence-electron chi connectivity index (χ1n) is 8.11. The van der Waals surface area contributed by atoms with Crippen molar-refractivity contribution in [2.75, 3.05) is 0 Å². The topological polar surface area (TPSA) is 114 Å². The molecule has 2 rings (SSSR count). The number of primary amides is 1. The fraction of sp³-hybridized carbons (Fsp3) is 0.211. The maximum absolute atomic E-state index is 12.2. The first kappa shape index (κ1) is 19.0. The van der Waals surface area contributed by atoms with Crippen LogP contribution in [-0.2, 0) is 20.8 Å². The Morgan fingerprint density at radius 1 is 1.12 bits per heavy atom. The predicted molar refractivity (Wildman–Crippen MR) is 96.6 cm³/mol. The maximum atomic E-state index is 12.2. The number of hydrogen-bond donors (Lipinski definition) is 3. The molecule has 4 N–H and O–H groups in total. The Morgan fingerprint density at radius 2 is 1.85 bits per heavy atom. The normalized spacial score (nSPS) is 13.1. The van der Waals surface area contributed by atoms with Gasteiger partial charge in [-0.25, -0.2) is 0 Å². The van der Waals surface area contributed by atoms with Crippen LogP contribution in [0, 0.1) is 0 Å². The molecular weight excluding hydrogens is 334 g/mol. The van der Waals surface area contributed by atoms with E-state index >= 15 is 0 Å². The summed E-state index contributed by atoms with van der Waals surface area (Å²) in [4.78, 5) is 35.7. The molecule has 0 spiro atoms. The van der Waals surface area contributed by atoms with E-state index in [4.69, 9.17) is 10.2 Å². The van der Waals surface area contributed by atoms with Gasteiger partial charge in [0, 0.05) is 12.5 Å². The molecule has 0 saturated heterocycles. The third-order valence-electron chi connectivity index (χ3n) is 3.64. The first-order valence-corrected chi connectivity index (χ1v) is 8.11. The Kier molecular flexibility index (Phi) is 6.73. The fourth-order valence-electron chi connectivity index (χ4n) is 2.24. The number of furan rings is 1. The molecule has 0 aliphatic carbocycles. The van der Waals surface area contributed by atoms with Crippen LogP contribution >= 0.6 is 0 Å². The van der Waals surface area contributed by atoms with Crippen molar-refractivity contribution in [3.05, 3.63) is 66.1 Å². The zero-order valence-corrected chi connectivity index (χ0v) is 14.3. The van der Waals surface area contributed by atoms with E-state index in [-0.39, 0.29) is 6.42 Å². The smallest absolute Gasteiger partial charge is 0.244 e. The van der Waals surface area contributed by atoms with Crippen molar-refractivity contribution in [3.63, 3.8) is 0 Å². The van der Waals surface area contributed by atoms with Gasteiger partial charge in [0.05, 0.1) is 6.26 Å². The minimum Gasteiger partial charge on any atom is -0.465 e. The summed E-state index contributed by atoms with van der Waals surface area (Å²) in [6, 6.07) is 10.9. The van der Waals surface area contributed by atoms with Crippen LogP contribution in [-0.4, -0.2) is 29.8 Å². The third-order valence-corrected chi connectivity index (χ3v) is 3.64. The summed E-state index contributed by atoms with van der Waals surface area (Å²) in [6.07, 6.45) is 4.52. The van der Waals surface area contributed by atoms with Gasteiger partial charge in [-0.3, -0.25) is 14.4 Å². The molecule has 0 bridgehead atoms. The summed E-state index contributed by atoms with van der Waals surface area (Å²) < 4.78 is 5.07. The monoisotopic (exact) mass is 355 g/mol. The van der Waals surface area contributed by atoms with Crippen LogP contribution in [0.1, 0.15) is 18.2 Å². The predicted octanol–water partition coefficient (Wildman–Crippen LogP) is 1.01. The number of amides is 3. The molecule has 7 nitrogen and oxygen atoms in total. The van der Waals surface area contributed by atoms with Gasteiger partial charge in [-0.2, -0.15) is 0 Å². The van der Waals surface area contributed by atoms with Crippen molar-refractivity contribution in [2.45, 2.75) is 25.4 Å². The van der Waals surface area contributed by atoms with Crippen LogP contribution in [0.2, 0.25) is 0 Å². The molecule has 26 heavy (non-hydrogen) atoms. The lowest BCUT2D eigenvalue weighted by molar-refractivity contribution is -0.130. The van der Waals surface area contributed by atoms with Crippen molar-refractivity contribution in [1.82, 2.24) is 10.6 Å². The Hall–Kier alpha value is -3.35. The van der Waals surface area contributed by atoms with E-state index in [0.29, 0.717) is 5.76 Å². The van der Waals surface area contributed by atoms with E-state index in [1.807, 2.05) is 30.3 Å². The summed E-state index contributed by atoms with van der Waals surface area (Å²) in [5.74, 6) is -1.07. The van der Waals surface area contributed by atoms with Gasteiger partial charge in [-0.05, 0) is 30.7 Å². The van der Waals surface area contributed by atoms with Gasteiger partial charge in [0.15, 0.2) is 0 Å². The van der Waals surface area contributed by atoms with Crippen LogP contribution in [0.5, 0.6) is 0 Å². The molecule has 7 heteroatoms. The summed E-state index contributed by atoms with van der Waals surface area (Å²) >= 11 is 0. The minimum absolute atomic E-state index is 0.279. The zero-order valence-electron chi connectivity index (χ0n) is 14.3. The van der Waals surface area contributed by atoms with E-state index in [1.54, 1.807) is 12.1 Å². The van der Waals surface area contributed by atoms with Crippen LogP contribution in [0.4, 0.5) is 0 Å². The molecule has 0 saturated carbocycles. The van der Waals surface area contributed by atoms with Crippen molar-refractivity contribution in [3.8, 4) is 0 Å². The number of carbonyl (C=O) groups excluding carboxylic acids is 3. The molecule has 0 aliphatic heterocycles. The Morgan fingerprint density at radius 3 is 2.46 bits per heavy atom. The highest BCUT2D eigenvalue weighted by molar-refractivity contribution is 5.96. The Labute approximate surface area is 151 Å². The summed E-state index contributed by atoms with van der Waals surface area (Å²) in [5.41, 5.74) is 6.24. The Balaban J connectivity index is 1.89. The van der Waals surface area contributed by atoms with Gasteiger partial charge in [0.2, 0.25) is 17.7 Å². The second kappa shape index (κ2) is 9.22. The molecule has 0 aliphatic rings. The zero-order chi connectivity index (χ0) is 18.9. The number of hydrogen-bond acceptors (Lipinski definition) is 4. The van der Waals surface area contributed by atoms with Gasteiger partial charge >= 0.3 is 0 Å². The number of nitrogens with one attached hydrogen (secondary N) is 2. The van der Waals surface area contributed by atoms with Crippen molar-refractivity contribution >= 4 is 23.8 Å². The second-order valence-corrected chi connectivity index (χ2v) is 5.73. The van der Waals surface area contributed by atoms with Gasteiger partial charge in [-0.15, -0.1) is 0 Å². The minimum atomic E-state index is -0.858. The first-order chi connectivity index (χ1) is 12.5. The SMILES string of the molecule is C[C@H](NC(=O)/C=C/c1ccco1)C(=O)NC(Cc1ccccc1)C(N)=O. The molecule has 1 aromatic heterocycles. The van der Waals surface area contributed by atoms with Gasteiger partial charge in [0.1, 0.15) is 17.8 Å². The van der Waals surface area contributed by atoms with Crippen LogP contribution in [0.25, 0.3) is 6.08 Å². The molecule has 1 unspecified atom stereocenters. The van der Waals surface area contributed by atoms with E-state index in [9.17, 15) is 14.4 Å². The fourth-order valence-corrected chi connectivity index (χ4v) is 2.24. The maximum Gasteiger partial charge on any atom is 0.244 e. The van der Waals surface area contributed by atoms with Crippen molar-refractivity contribution < 1.29 is 18.8 Å². The van der Waals surface area contributed by atoms with Crippen molar-refractivity contribution in [1.29, 1.82) is 0 Å². The molecule has 136 valence electrons. The van der Waals surface area contributed by atoms with Crippen LogP contribution in [0.3, 0.4) is 0 Å². The highest BCUT2D eigenvalue weighted by atomic mass is 16.3. The molecule has 0 fully saturated rings. The van der Waals surface area contributed by atoms with E-state index in [2.05, 4.69) is 10.6 Å². The molecule has 3 amide bonds.